The lowest BCUT2D eigenvalue weighted by Gasteiger charge is -2.12. The predicted octanol–water partition coefficient (Wildman–Crippen LogP) is 1.80. The third kappa shape index (κ3) is 4.68. The van der Waals surface area contributed by atoms with Crippen molar-refractivity contribution < 1.29 is 14.7 Å². The maximum atomic E-state index is 11.7. The van der Waals surface area contributed by atoms with Gasteiger partial charge in [0, 0.05) is 12.5 Å². The zero-order valence-corrected chi connectivity index (χ0v) is 9.85. The Labute approximate surface area is 101 Å². The highest BCUT2D eigenvalue weighted by molar-refractivity contribution is 5.83. The minimum absolute atomic E-state index is 0.114. The summed E-state index contributed by atoms with van der Waals surface area (Å²) >= 11 is 0. The van der Waals surface area contributed by atoms with Gasteiger partial charge in [0.05, 0.1) is 6.42 Å². The van der Waals surface area contributed by atoms with Gasteiger partial charge in [0.2, 0.25) is 5.91 Å². The lowest BCUT2D eigenvalue weighted by atomic mass is 10.0. The first-order valence-corrected chi connectivity index (χ1v) is 5.67. The van der Waals surface area contributed by atoms with E-state index in [1.807, 2.05) is 37.3 Å². The molecular weight excluding hydrogens is 218 g/mol. The van der Waals surface area contributed by atoms with E-state index in [1.165, 1.54) is 0 Å². The van der Waals surface area contributed by atoms with E-state index < -0.39 is 11.9 Å². The van der Waals surface area contributed by atoms with Gasteiger partial charge in [-0.3, -0.25) is 9.59 Å². The van der Waals surface area contributed by atoms with Gasteiger partial charge in [-0.1, -0.05) is 37.3 Å². The van der Waals surface area contributed by atoms with Crippen LogP contribution in [0.3, 0.4) is 0 Å². The lowest BCUT2D eigenvalue weighted by molar-refractivity contribution is -0.141. The van der Waals surface area contributed by atoms with Crippen LogP contribution in [0.5, 0.6) is 0 Å². The summed E-state index contributed by atoms with van der Waals surface area (Å²) in [4.78, 5) is 22.3. The summed E-state index contributed by atoms with van der Waals surface area (Å²) in [5.41, 5.74) is 1.01. The molecule has 1 rings (SSSR count). The second kappa shape index (κ2) is 6.68. The van der Waals surface area contributed by atoms with Crippen molar-refractivity contribution in [3.8, 4) is 0 Å². The Morgan fingerprint density at radius 1 is 1.29 bits per heavy atom. The van der Waals surface area contributed by atoms with Gasteiger partial charge in [0.1, 0.15) is 0 Å². The van der Waals surface area contributed by atoms with Gasteiger partial charge in [-0.25, -0.2) is 0 Å². The fourth-order valence-corrected chi connectivity index (χ4v) is 1.56. The summed E-state index contributed by atoms with van der Waals surface area (Å²) in [5, 5.41) is 11.4. The molecule has 0 aliphatic heterocycles. The standard InChI is InChI=1S/C13H17NO3/c1-2-11(8-12(15)16)13(17)14-9-10-6-4-3-5-7-10/h3-7,11H,2,8-9H2,1H3,(H,14,17)(H,15,16). The molecule has 0 bridgehead atoms. The average Bonchev–Trinajstić information content (AvgIpc) is 2.34. The van der Waals surface area contributed by atoms with Crippen LogP contribution in [0.25, 0.3) is 0 Å². The Hall–Kier alpha value is -1.84. The number of carboxylic acid groups (broad SMARTS) is 1. The lowest BCUT2D eigenvalue weighted by Crippen LogP contribution is -2.31. The van der Waals surface area contributed by atoms with Crippen LogP contribution in [0.15, 0.2) is 30.3 Å². The Morgan fingerprint density at radius 2 is 1.94 bits per heavy atom. The number of aliphatic carboxylic acids is 1. The Balaban J connectivity index is 2.45. The van der Waals surface area contributed by atoms with Gasteiger partial charge in [0.15, 0.2) is 0 Å². The predicted molar refractivity (Wildman–Crippen MR) is 64.3 cm³/mol. The summed E-state index contributed by atoms with van der Waals surface area (Å²) < 4.78 is 0. The molecule has 0 spiro atoms. The molecule has 0 radical (unpaired) electrons. The van der Waals surface area contributed by atoms with E-state index in [1.54, 1.807) is 0 Å². The molecule has 1 unspecified atom stereocenters. The Bertz CT molecular complexity index is 376. The number of rotatable bonds is 6. The summed E-state index contributed by atoms with van der Waals surface area (Å²) in [5.74, 6) is -1.58. The van der Waals surface area contributed by atoms with Crippen LogP contribution in [-0.2, 0) is 16.1 Å². The van der Waals surface area contributed by atoms with Crippen LogP contribution in [0.2, 0.25) is 0 Å². The van der Waals surface area contributed by atoms with Crippen LogP contribution >= 0.6 is 0 Å². The zero-order chi connectivity index (χ0) is 12.7. The monoisotopic (exact) mass is 235 g/mol. The summed E-state index contributed by atoms with van der Waals surface area (Å²) in [7, 11) is 0. The number of benzene rings is 1. The van der Waals surface area contributed by atoms with Gasteiger partial charge < -0.3 is 10.4 Å². The third-order valence-electron chi connectivity index (χ3n) is 2.59. The Kier molecular flexibility index (Phi) is 5.20. The highest BCUT2D eigenvalue weighted by atomic mass is 16.4. The van der Waals surface area contributed by atoms with Crippen molar-refractivity contribution in [3.05, 3.63) is 35.9 Å². The van der Waals surface area contributed by atoms with Crippen molar-refractivity contribution in [3.63, 3.8) is 0 Å². The molecule has 1 atom stereocenters. The summed E-state index contributed by atoms with van der Waals surface area (Å²) in [6, 6.07) is 9.54. The number of hydrogen-bond donors (Lipinski definition) is 2. The molecule has 0 aliphatic rings. The number of hydrogen-bond acceptors (Lipinski definition) is 2. The number of carbonyl (C=O) groups excluding carboxylic acids is 1. The quantitative estimate of drug-likeness (QED) is 0.790. The van der Waals surface area contributed by atoms with Gasteiger partial charge in [-0.2, -0.15) is 0 Å². The molecule has 17 heavy (non-hydrogen) atoms. The SMILES string of the molecule is CCC(CC(=O)O)C(=O)NCc1ccccc1. The van der Waals surface area contributed by atoms with E-state index in [4.69, 9.17) is 5.11 Å². The van der Waals surface area contributed by atoms with Crippen LogP contribution in [0.4, 0.5) is 0 Å². The average molecular weight is 235 g/mol. The Morgan fingerprint density at radius 3 is 2.47 bits per heavy atom. The fraction of sp³-hybridized carbons (Fsp3) is 0.385. The van der Waals surface area contributed by atoms with Gasteiger partial charge in [-0.05, 0) is 12.0 Å². The molecule has 0 saturated heterocycles. The molecule has 0 saturated carbocycles. The molecule has 0 aliphatic carbocycles. The van der Waals surface area contributed by atoms with Crippen LogP contribution < -0.4 is 5.32 Å². The van der Waals surface area contributed by atoms with E-state index in [0.717, 1.165) is 5.56 Å². The van der Waals surface area contributed by atoms with E-state index in [2.05, 4.69) is 5.32 Å². The maximum Gasteiger partial charge on any atom is 0.304 e. The third-order valence-corrected chi connectivity index (χ3v) is 2.59. The number of carboxylic acids is 1. The van der Waals surface area contributed by atoms with E-state index in [-0.39, 0.29) is 12.3 Å². The summed E-state index contributed by atoms with van der Waals surface area (Å²) in [6.07, 6.45) is 0.421. The highest BCUT2D eigenvalue weighted by Crippen LogP contribution is 2.08. The van der Waals surface area contributed by atoms with Crippen LogP contribution in [0, 0.1) is 5.92 Å². The van der Waals surface area contributed by atoms with Crippen LogP contribution in [-0.4, -0.2) is 17.0 Å². The zero-order valence-electron chi connectivity index (χ0n) is 9.85. The van der Waals surface area contributed by atoms with Gasteiger partial charge in [0.25, 0.3) is 0 Å². The number of carbonyl (C=O) groups is 2. The van der Waals surface area contributed by atoms with E-state index in [9.17, 15) is 9.59 Å². The van der Waals surface area contributed by atoms with Crippen molar-refractivity contribution in [2.45, 2.75) is 26.3 Å². The molecule has 0 aromatic heterocycles. The molecule has 4 nitrogen and oxygen atoms in total. The molecular formula is C13H17NO3. The molecule has 4 heteroatoms. The van der Waals surface area contributed by atoms with Gasteiger partial charge >= 0.3 is 5.97 Å². The number of amides is 1. The molecule has 2 N–H and O–H groups in total. The topological polar surface area (TPSA) is 66.4 Å². The van der Waals surface area contributed by atoms with Crippen molar-refractivity contribution in [2.24, 2.45) is 5.92 Å². The second-order valence-corrected chi connectivity index (χ2v) is 3.91. The van der Waals surface area contributed by atoms with Crippen molar-refractivity contribution in [1.82, 2.24) is 5.32 Å². The molecule has 0 heterocycles. The summed E-state index contributed by atoms with van der Waals surface area (Å²) in [6.45, 7) is 2.26. The molecule has 1 amide bonds. The minimum atomic E-state index is -0.938. The van der Waals surface area contributed by atoms with Crippen molar-refractivity contribution >= 4 is 11.9 Å². The molecule has 92 valence electrons. The second-order valence-electron chi connectivity index (χ2n) is 3.91. The van der Waals surface area contributed by atoms with Crippen LogP contribution in [0.1, 0.15) is 25.3 Å². The van der Waals surface area contributed by atoms with Gasteiger partial charge in [-0.15, -0.1) is 0 Å². The first-order chi connectivity index (χ1) is 8.13. The molecule has 1 aromatic carbocycles. The first kappa shape index (κ1) is 13.2. The largest absolute Gasteiger partial charge is 0.481 e. The van der Waals surface area contributed by atoms with E-state index >= 15 is 0 Å². The molecule has 0 fully saturated rings. The van der Waals surface area contributed by atoms with E-state index in [0.29, 0.717) is 13.0 Å². The fourth-order valence-electron chi connectivity index (χ4n) is 1.56. The molecule has 1 aromatic rings. The normalized spacial score (nSPS) is 11.8. The van der Waals surface area contributed by atoms with Crippen molar-refractivity contribution in [1.29, 1.82) is 0 Å². The first-order valence-electron chi connectivity index (χ1n) is 5.67. The number of nitrogens with one attached hydrogen (secondary N) is 1. The smallest absolute Gasteiger partial charge is 0.304 e. The maximum absolute atomic E-state index is 11.7. The minimum Gasteiger partial charge on any atom is -0.481 e. The van der Waals surface area contributed by atoms with Crippen molar-refractivity contribution in [2.75, 3.05) is 0 Å². The highest BCUT2D eigenvalue weighted by Gasteiger charge is 2.19.